The van der Waals surface area contributed by atoms with Gasteiger partial charge in [-0.3, -0.25) is 0 Å². The van der Waals surface area contributed by atoms with E-state index in [0.717, 1.165) is 51.8 Å². The molecule has 0 aromatic carbocycles. The zero-order valence-corrected chi connectivity index (χ0v) is 9.87. The highest BCUT2D eigenvalue weighted by Gasteiger charge is 2.05. The summed E-state index contributed by atoms with van der Waals surface area (Å²) in [6.07, 6.45) is 5.21. The van der Waals surface area contributed by atoms with E-state index in [1.54, 1.807) is 7.11 Å². The second-order valence-electron chi connectivity index (χ2n) is 3.82. The lowest BCUT2D eigenvalue weighted by Crippen LogP contribution is -2.34. The Kier molecular flexibility index (Phi) is 11.8. The molecule has 4 N–H and O–H groups in total. The molecule has 0 spiro atoms. The van der Waals surface area contributed by atoms with E-state index in [4.69, 9.17) is 15.6 Å². The zero-order valence-electron chi connectivity index (χ0n) is 9.87. The van der Waals surface area contributed by atoms with Gasteiger partial charge in [-0.25, -0.2) is 0 Å². The van der Waals surface area contributed by atoms with E-state index in [1.165, 1.54) is 0 Å². The van der Waals surface area contributed by atoms with E-state index in [2.05, 4.69) is 5.32 Å². The van der Waals surface area contributed by atoms with Crippen LogP contribution >= 0.6 is 0 Å². The molecule has 0 bridgehead atoms. The summed E-state index contributed by atoms with van der Waals surface area (Å²) in [4.78, 5) is 0. The van der Waals surface area contributed by atoms with Gasteiger partial charge in [0, 0.05) is 19.8 Å². The number of rotatable bonds is 11. The van der Waals surface area contributed by atoms with Gasteiger partial charge in [-0.2, -0.15) is 0 Å². The highest BCUT2D eigenvalue weighted by atomic mass is 16.5. The fourth-order valence-electron chi connectivity index (χ4n) is 1.53. The first-order chi connectivity index (χ1) is 7.35. The number of nitrogens with two attached hydrogens (primary N) is 1. The molecule has 0 aromatic heterocycles. The van der Waals surface area contributed by atoms with Crippen molar-refractivity contribution < 1.29 is 9.84 Å². The van der Waals surface area contributed by atoms with Crippen LogP contribution in [0.25, 0.3) is 0 Å². The number of unbranched alkanes of at least 4 members (excludes halogenated alkanes) is 2. The molecule has 1 unspecified atom stereocenters. The molecule has 0 saturated carbocycles. The molecule has 0 aliphatic rings. The normalized spacial score (nSPS) is 13.0. The molecule has 0 aliphatic heterocycles. The summed E-state index contributed by atoms with van der Waals surface area (Å²) < 4.78 is 5.14. The number of aliphatic hydroxyl groups excluding tert-OH is 1. The Bertz CT molecular complexity index is 123. The largest absolute Gasteiger partial charge is 0.396 e. The van der Waals surface area contributed by atoms with Gasteiger partial charge < -0.3 is 20.9 Å². The maximum atomic E-state index is 8.62. The highest BCUT2D eigenvalue weighted by Crippen LogP contribution is 1.98. The topological polar surface area (TPSA) is 67.5 Å². The van der Waals surface area contributed by atoms with Gasteiger partial charge in [-0.05, 0) is 45.2 Å². The molecule has 1 atom stereocenters. The molecule has 92 valence electrons. The van der Waals surface area contributed by atoms with E-state index in [-0.39, 0.29) is 0 Å². The zero-order chi connectivity index (χ0) is 11.4. The van der Waals surface area contributed by atoms with Crippen molar-refractivity contribution in [1.29, 1.82) is 0 Å². The van der Waals surface area contributed by atoms with Crippen molar-refractivity contribution in [3.05, 3.63) is 0 Å². The Hall–Kier alpha value is -0.160. The van der Waals surface area contributed by atoms with E-state index in [0.29, 0.717) is 12.6 Å². The maximum Gasteiger partial charge on any atom is 0.0615 e. The Morgan fingerprint density at radius 2 is 2.07 bits per heavy atom. The van der Waals surface area contributed by atoms with Crippen molar-refractivity contribution in [3.63, 3.8) is 0 Å². The molecular formula is C11H26N2O2. The minimum absolute atomic E-state index is 0.300. The summed E-state index contributed by atoms with van der Waals surface area (Å²) in [5, 5.41) is 12.1. The second-order valence-corrected chi connectivity index (χ2v) is 3.82. The third-order valence-corrected chi connectivity index (χ3v) is 2.39. The standard InChI is InChI=1S/C11H26N2O2/c1-15-10-11(6-5-7-12)13-8-3-2-4-9-14/h11,13-14H,2-10,12H2,1H3. The van der Waals surface area contributed by atoms with Crippen molar-refractivity contribution in [2.24, 2.45) is 5.73 Å². The van der Waals surface area contributed by atoms with Gasteiger partial charge in [-0.15, -0.1) is 0 Å². The maximum absolute atomic E-state index is 8.62. The summed E-state index contributed by atoms with van der Waals surface area (Å²) in [5.41, 5.74) is 5.47. The third-order valence-electron chi connectivity index (χ3n) is 2.39. The fraction of sp³-hybridized carbons (Fsp3) is 1.00. The lowest BCUT2D eigenvalue weighted by molar-refractivity contribution is 0.161. The van der Waals surface area contributed by atoms with Crippen molar-refractivity contribution in [2.45, 2.75) is 38.1 Å². The Morgan fingerprint density at radius 1 is 1.27 bits per heavy atom. The first-order valence-electron chi connectivity index (χ1n) is 5.88. The molecule has 0 fully saturated rings. The first kappa shape index (κ1) is 14.8. The van der Waals surface area contributed by atoms with Crippen LogP contribution in [0.1, 0.15) is 32.1 Å². The number of hydrogen-bond acceptors (Lipinski definition) is 4. The molecular weight excluding hydrogens is 192 g/mol. The van der Waals surface area contributed by atoms with Gasteiger partial charge in [0.1, 0.15) is 0 Å². The lowest BCUT2D eigenvalue weighted by atomic mass is 10.1. The van der Waals surface area contributed by atoms with Crippen molar-refractivity contribution >= 4 is 0 Å². The van der Waals surface area contributed by atoms with Gasteiger partial charge in [0.15, 0.2) is 0 Å². The lowest BCUT2D eigenvalue weighted by Gasteiger charge is -2.17. The first-order valence-corrected chi connectivity index (χ1v) is 5.88. The molecule has 0 aliphatic carbocycles. The number of methoxy groups -OCH3 is 1. The van der Waals surface area contributed by atoms with Gasteiger partial charge in [-0.1, -0.05) is 0 Å². The van der Waals surface area contributed by atoms with Crippen molar-refractivity contribution in [2.75, 3.05) is 33.4 Å². The van der Waals surface area contributed by atoms with Crippen molar-refractivity contribution in [3.8, 4) is 0 Å². The Labute approximate surface area is 93.2 Å². The fourth-order valence-corrected chi connectivity index (χ4v) is 1.53. The highest BCUT2D eigenvalue weighted by molar-refractivity contribution is 4.66. The quantitative estimate of drug-likeness (QED) is 0.442. The number of nitrogens with one attached hydrogen (secondary N) is 1. The Morgan fingerprint density at radius 3 is 2.67 bits per heavy atom. The van der Waals surface area contributed by atoms with Crippen LogP contribution in [0.5, 0.6) is 0 Å². The van der Waals surface area contributed by atoms with Gasteiger partial charge in [0.2, 0.25) is 0 Å². The van der Waals surface area contributed by atoms with Crippen LogP contribution in [-0.4, -0.2) is 44.6 Å². The van der Waals surface area contributed by atoms with E-state index >= 15 is 0 Å². The van der Waals surface area contributed by atoms with Crippen LogP contribution in [0.3, 0.4) is 0 Å². The minimum Gasteiger partial charge on any atom is -0.396 e. The van der Waals surface area contributed by atoms with Crippen LogP contribution in [0.2, 0.25) is 0 Å². The van der Waals surface area contributed by atoms with Crippen LogP contribution in [-0.2, 0) is 4.74 Å². The average molecular weight is 218 g/mol. The molecule has 4 heteroatoms. The van der Waals surface area contributed by atoms with Crippen molar-refractivity contribution in [1.82, 2.24) is 5.32 Å². The predicted molar refractivity (Wildman–Crippen MR) is 62.9 cm³/mol. The summed E-state index contributed by atoms with van der Waals surface area (Å²) in [7, 11) is 1.73. The molecule has 0 amide bonds. The molecule has 0 saturated heterocycles. The van der Waals surface area contributed by atoms with Gasteiger partial charge >= 0.3 is 0 Å². The van der Waals surface area contributed by atoms with Gasteiger partial charge in [0.25, 0.3) is 0 Å². The average Bonchev–Trinajstić information content (AvgIpc) is 2.25. The molecule has 0 heterocycles. The van der Waals surface area contributed by atoms with Crippen LogP contribution in [0, 0.1) is 0 Å². The Balaban J connectivity index is 3.38. The van der Waals surface area contributed by atoms with Crippen LogP contribution in [0.4, 0.5) is 0 Å². The van der Waals surface area contributed by atoms with Gasteiger partial charge in [0.05, 0.1) is 6.61 Å². The molecule has 4 nitrogen and oxygen atoms in total. The summed E-state index contributed by atoms with van der Waals surface area (Å²) in [5.74, 6) is 0. The van der Waals surface area contributed by atoms with E-state index in [1.807, 2.05) is 0 Å². The smallest absolute Gasteiger partial charge is 0.0615 e. The predicted octanol–water partition coefficient (Wildman–Crippen LogP) is 0.493. The molecule has 0 rings (SSSR count). The number of hydrogen-bond donors (Lipinski definition) is 3. The minimum atomic E-state index is 0.300. The monoisotopic (exact) mass is 218 g/mol. The third kappa shape index (κ3) is 10.1. The van der Waals surface area contributed by atoms with Crippen LogP contribution in [0.15, 0.2) is 0 Å². The molecule has 15 heavy (non-hydrogen) atoms. The number of aliphatic hydroxyl groups is 1. The SMILES string of the molecule is COCC(CCCN)NCCCCCO. The molecule has 0 radical (unpaired) electrons. The number of ether oxygens (including phenoxy) is 1. The summed E-state index contributed by atoms with van der Waals surface area (Å²) >= 11 is 0. The second kappa shape index (κ2) is 11.9. The summed E-state index contributed by atoms with van der Waals surface area (Å²) in [6, 6.07) is 0.424. The van der Waals surface area contributed by atoms with Crippen LogP contribution < -0.4 is 11.1 Å². The molecule has 0 aromatic rings. The van der Waals surface area contributed by atoms with E-state index in [9.17, 15) is 0 Å². The van der Waals surface area contributed by atoms with E-state index < -0.39 is 0 Å². The summed E-state index contributed by atoms with van der Waals surface area (Å²) in [6.45, 7) is 2.79.